The summed E-state index contributed by atoms with van der Waals surface area (Å²) in [5.74, 6) is 0.000701. The van der Waals surface area contributed by atoms with Crippen molar-refractivity contribution in [2.75, 3.05) is 0 Å². The van der Waals surface area contributed by atoms with Crippen LogP contribution in [0.3, 0.4) is 0 Å². The van der Waals surface area contributed by atoms with Crippen LogP contribution in [-0.2, 0) is 13.0 Å². The average Bonchev–Trinajstić information content (AvgIpc) is 3.13. The number of hydrogen-bond donors (Lipinski definition) is 1. The maximum atomic E-state index is 13.9. The van der Waals surface area contributed by atoms with Crippen molar-refractivity contribution >= 4 is 11.2 Å². The van der Waals surface area contributed by atoms with Gasteiger partial charge < -0.3 is 14.2 Å². The van der Waals surface area contributed by atoms with Crippen LogP contribution in [0.25, 0.3) is 11.2 Å². The second-order valence-electron chi connectivity index (χ2n) is 8.48. The number of halogens is 1. The van der Waals surface area contributed by atoms with E-state index in [4.69, 9.17) is 9.72 Å². The normalized spacial score (nSPS) is 15.0. The lowest BCUT2D eigenvalue weighted by Gasteiger charge is -2.17. The predicted molar refractivity (Wildman–Crippen MR) is 128 cm³/mol. The summed E-state index contributed by atoms with van der Waals surface area (Å²) in [5, 5.41) is 21.1. The van der Waals surface area contributed by atoms with Gasteiger partial charge in [-0.1, -0.05) is 31.5 Å². The van der Waals surface area contributed by atoms with Crippen molar-refractivity contribution in [3.05, 3.63) is 106 Å². The number of allylic oxidation sites excluding steroid dienone is 1. The molecule has 0 spiro atoms. The Hall–Kier alpha value is -3.95. The zero-order valence-electron chi connectivity index (χ0n) is 19.0. The van der Waals surface area contributed by atoms with Gasteiger partial charge in [-0.15, -0.1) is 0 Å². The summed E-state index contributed by atoms with van der Waals surface area (Å²) < 4.78 is 21.8. The number of aliphatic hydroxyl groups excluding tert-OH is 1. The maximum absolute atomic E-state index is 13.9. The summed E-state index contributed by atoms with van der Waals surface area (Å²) in [6.45, 7) is 4.03. The number of fused-ring (bicyclic) bond motifs is 3. The fourth-order valence-electron chi connectivity index (χ4n) is 4.66. The highest BCUT2D eigenvalue weighted by molar-refractivity contribution is 5.88. The zero-order chi connectivity index (χ0) is 23.8. The summed E-state index contributed by atoms with van der Waals surface area (Å²) in [6, 6.07) is 18.1. The molecular formula is C28H24FN3O2. The highest BCUT2D eigenvalue weighted by Crippen LogP contribution is 2.40. The molecule has 0 aliphatic carbocycles. The number of ether oxygens (including phenoxy) is 1. The Labute approximate surface area is 197 Å². The van der Waals surface area contributed by atoms with Gasteiger partial charge in [0.1, 0.15) is 29.9 Å². The number of nitrogens with zero attached hydrogens (tertiary/aromatic N) is 3. The predicted octanol–water partition coefficient (Wildman–Crippen LogP) is 5.75. The number of benzene rings is 2. The molecule has 2 aromatic heterocycles. The quantitative estimate of drug-likeness (QED) is 0.400. The van der Waals surface area contributed by atoms with E-state index < -0.39 is 11.9 Å². The highest BCUT2D eigenvalue weighted by Gasteiger charge is 2.25. The third kappa shape index (κ3) is 3.64. The first-order chi connectivity index (χ1) is 16.5. The Kier molecular flexibility index (Phi) is 5.64. The molecular weight excluding hydrogens is 429 g/mol. The van der Waals surface area contributed by atoms with E-state index >= 15 is 0 Å². The van der Waals surface area contributed by atoms with Gasteiger partial charge in [-0.25, -0.2) is 9.37 Å². The number of aliphatic hydroxyl groups is 1. The van der Waals surface area contributed by atoms with Crippen LogP contribution in [0, 0.1) is 17.1 Å². The molecule has 4 aromatic rings. The Morgan fingerprint density at radius 1 is 1.21 bits per heavy atom. The van der Waals surface area contributed by atoms with Gasteiger partial charge >= 0.3 is 0 Å². The molecule has 1 aliphatic rings. The first-order valence-corrected chi connectivity index (χ1v) is 11.3. The van der Waals surface area contributed by atoms with E-state index in [0.717, 1.165) is 41.0 Å². The SMILES string of the molecule is CCCc1nc2ccccn2c1C(O)c1ccc2c(c1)COc1cc(F)ccc1/C2=C(/C)C#N. The molecule has 0 bridgehead atoms. The fraction of sp³-hybridized carbons (Fsp3) is 0.214. The molecule has 5 rings (SSSR count). The van der Waals surface area contributed by atoms with E-state index in [1.54, 1.807) is 13.0 Å². The van der Waals surface area contributed by atoms with Crippen LogP contribution in [0.1, 0.15) is 60.0 Å². The molecule has 2 aromatic carbocycles. The van der Waals surface area contributed by atoms with E-state index in [1.807, 2.05) is 47.0 Å². The summed E-state index contributed by atoms with van der Waals surface area (Å²) in [4.78, 5) is 4.73. The number of aromatic nitrogens is 2. The number of nitriles is 1. The molecule has 3 heterocycles. The molecule has 170 valence electrons. The van der Waals surface area contributed by atoms with Crippen LogP contribution in [0.5, 0.6) is 5.75 Å². The first kappa shape index (κ1) is 21.9. The smallest absolute Gasteiger partial charge is 0.137 e. The third-order valence-electron chi connectivity index (χ3n) is 6.24. The van der Waals surface area contributed by atoms with Crippen molar-refractivity contribution in [2.24, 2.45) is 0 Å². The number of hydrogen-bond acceptors (Lipinski definition) is 4. The van der Waals surface area contributed by atoms with Gasteiger partial charge in [0.15, 0.2) is 0 Å². The lowest BCUT2D eigenvalue weighted by molar-refractivity contribution is 0.212. The van der Waals surface area contributed by atoms with Crippen LogP contribution in [0.4, 0.5) is 4.39 Å². The van der Waals surface area contributed by atoms with Crippen molar-refractivity contribution in [1.29, 1.82) is 5.26 Å². The van der Waals surface area contributed by atoms with Crippen molar-refractivity contribution in [2.45, 2.75) is 39.4 Å². The van der Waals surface area contributed by atoms with E-state index in [9.17, 15) is 14.8 Å². The number of rotatable bonds is 4. The molecule has 0 amide bonds. The van der Waals surface area contributed by atoms with E-state index in [2.05, 4.69) is 13.0 Å². The monoisotopic (exact) mass is 453 g/mol. The number of imidazole rings is 1. The molecule has 5 nitrogen and oxygen atoms in total. The molecule has 1 unspecified atom stereocenters. The maximum Gasteiger partial charge on any atom is 0.137 e. The average molecular weight is 454 g/mol. The van der Waals surface area contributed by atoms with Crippen molar-refractivity contribution in [1.82, 2.24) is 9.38 Å². The van der Waals surface area contributed by atoms with Gasteiger partial charge in [0, 0.05) is 29.0 Å². The molecule has 0 radical (unpaired) electrons. The summed E-state index contributed by atoms with van der Waals surface area (Å²) in [6.07, 6.45) is 2.70. The number of pyridine rings is 1. The molecule has 6 heteroatoms. The van der Waals surface area contributed by atoms with Crippen LogP contribution < -0.4 is 4.74 Å². The third-order valence-corrected chi connectivity index (χ3v) is 6.24. The Bertz CT molecular complexity index is 1480. The molecule has 0 saturated heterocycles. The van der Waals surface area contributed by atoms with Gasteiger partial charge in [0.05, 0.1) is 17.5 Å². The van der Waals surface area contributed by atoms with Crippen molar-refractivity contribution in [3.63, 3.8) is 0 Å². The molecule has 1 N–H and O–H groups in total. The second-order valence-corrected chi connectivity index (χ2v) is 8.48. The molecule has 1 aliphatic heterocycles. The highest BCUT2D eigenvalue weighted by atomic mass is 19.1. The van der Waals surface area contributed by atoms with Crippen LogP contribution in [0.2, 0.25) is 0 Å². The van der Waals surface area contributed by atoms with Gasteiger partial charge in [0.25, 0.3) is 0 Å². The molecule has 0 fully saturated rings. The van der Waals surface area contributed by atoms with Crippen molar-refractivity contribution < 1.29 is 14.2 Å². The lowest BCUT2D eigenvalue weighted by atomic mass is 9.89. The minimum absolute atomic E-state index is 0.198. The van der Waals surface area contributed by atoms with Gasteiger partial charge in [0.2, 0.25) is 0 Å². The van der Waals surface area contributed by atoms with Gasteiger partial charge in [-0.2, -0.15) is 5.26 Å². The van der Waals surface area contributed by atoms with Crippen LogP contribution in [-0.4, -0.2) is 14.5 Å². The Morgan fingerprint density at radius 3 is 2.82 bits per heavy atom. The summed E-state index contributed by atoms with van der Waals surface area (Å²) in [5.41, 5.74) is 6.70. The summed E-state index contributed by atoms with van der Waals surface area (Å²) >= 11 is 0. The topological polar surface area (TPSA) is 70.6 Å². The molecule has 0 saturated carbocycles. The van der Waals surface area contributed by atoms with Crippen LogP contribution in [0.15, 0.2) is 66.4 Å². The van der Waals surface area contributed by atoms with Gasteiger partial charge in [-0.3, -0.25) is 0 Å². The minimum Gasteiger partial charge on any atom is -0.488 e. The first-order valence-electron chi connectivity index (χ1n) is 11.3. The van der Waals surface area contributed by atoms with Crippen LogP contribution >= 0.6 is 0 Å². The zero-order valence-corrected chi connectivity index (χ0v) is 19.0. The lowest BCUT2D eigenvalue weighted by Crippen LogP contribution is -2.08. The largest absolute Gasteiger partial charge is 0.488 e. The van der Waals surface area contributed by atoms with E-state index in [-0.39, 0.29) is 6.61 Å². The summed E-state index contributed by atoms with van der Waals surface area (Å²) in [7, 11) is 0. The second kappa shape index (κ2) is 8.77. The van der Waals surface area contributed by atoms with E-state index in [0.29, 0.717) is 28.0 Å². The fourth-order valence-corrected chi connectivity index (χ4v) is 4.66. The molecule has 34 heavy (non-hydrogen) atoms. The molecule has 1 atom stereocenters. The van der Waals surface area contributed by atoms with Crippen molar-refractivity contribution in [3.8, 4) is 11.8 Å². The number of aryl methyl sites for hydroxylation is 1. The standard InChI is InChI=1S/C28H24FN3O2/c1-3-6-23-27(32-12-5-4-7-25(32)31-23)28(33)18-8-10-21-19(13-18)16-34-24-14-20(29)9-11-22(24)26(21)17(2)15-30/h4-5,7-14,28,33H,3,6,16H2,1-2H3/b26-17-. The Balaban J connectivity index is 1.64. The van der Waals surface area contributed by atoms with Gasteiger partial charge in [-0.05, 0) is 60.4 Å². The minimum atomic E-state index is -0.892. The van der Waals surface area contributed by atoms with E-state index in [1.165, 1.54) is 12.1 Å². The Morgan fingerprint density at radius 2 is 2.03 bits per heavy atom.